The van der Waals surface area contributed by atoms with Crippen LogP contribution in [0.4, 0.5) is 11.6 Å². The zero-order chi connectivity index (χ0) is 13.3. The molecule has 0 bridgehead atoms. The molecular weight excluding hydrogens is 298 g/mol. The van der Waals surface area contributed by atoms with Gasteiger partial charge in [-0.25, -0.2) is 9.97 Å². The van der Waals surface area contributed by atoms with Gasteiger partial charge in [-0.3, -0.25) is 0 Å². The van der Waals surface area contributed by atoms with E-state index in [0.29, 0.717) is 16.1 Å². The lowest BCUT2D eigenvalue weighted by atomic mass is 10.1. The van der Waals surface area contributed by atoms with E-state index in [4.69, 9.17) is 10.3 Å². The predicted molar refractivity (Wildman–Crippen MR) is 72.2 cm³/mol. The molecule has 1 atom stereocenters. The summed E-state index contributed by atoms with van der Waals surface area (Å²) >= 11 is 3.36. The first kappa shape index (κ1) is 12.8. The molecule has 0 aromatic carbocycles. The number of hydrogen-bond donors (Lipinski definition) is 2. The third kappa shape index (κ3) is 2.31. The van der Waals surface area contributed by atoms with Crippen LogP contribution in [0.1, 0.15) is 30.0 Å². The molecule has 6 nitrogen and oxygen atoms in total. The van der Waals surface area contributed by atoms with Gasteiger partial charge in [0.2, 0.25) is 0 Å². The van der Waals surface area contributed by atoms with Crippen molar-refractivity contribution < 1.29 is 4.52 Å². The maximum absolute atomic E-state index is 5.71. The second-order valence-electron chi connectivity index (χ2n) is 4.03. The summed E-state index contributed by atoms with van der Waals surface area (Å²) in [6, 6.07) is 0.0156. The van der Waals surface area contributed by atoms with Crippen molar-refractivity contribution in [2.45, 2.75) is 26.8 Å². The molecule has 0 radical (unpaired) electrons. The Morgan fingerprint density at radius 1 is 1.39 bits per heavy atom. The summed E-state index contributed by atoms with van der Waals surface area (Å²) in [5, 5.41) is 7.19. The van der Waals surface area contributed by atoms with Crippen molar-refractivity contribution in [3.8, 4) is 0 Å². The predicted octanol–water partition coefficient (Wildman–Crippen LogP) is 2.60. The average Bonchev–Trinajstić information content (AvgIpc) is 2.65. The van der Waals surface area contributed by atoms with E-state index in [2.05, 4.69) is 36.4 Å². The standard InChI is InChI=1S/C11H14BrN5O/c1-5(8-6(2)17-18-7(8)3)16-11-9(12)10(13)14-4-15-11/h4-5H,1-3H3,(H3,13,14,15,16). The van der Waals surface area contributed by atoms with Crippen molar-refractivity contribution in [3.63, 3.8) is 0 Å². The summed E-state index contributed by atoms with van der Waals surface area (Å²) in [4.78, 5) is 8.04. The van der Waals surface area contributed by atoms with Crippen LogP contribution >= 0.6 is 15.9 Å². The van der Waals surface area contributed by atoms with Gasteiger partial charge >= 0.3 is 0 Å². The highest BCUT2D eigenvalue weighted by molar-refractivity contribution is 9.10. The van der Waals surface area contributed by atoms with E-state index in [9.17, 15) is 0 Å². The third-order valence-electron chi connectivity index (χ3n) is 2.69. The summed E-state index contributed by atoms with van der Waals surface area (Å²) in [6.45, 7) is 5.81. The second kappa shape index (κ2) is 4.93. The molecule has 0 amide bonds. The minimum atomic E-state index is 0.0156. The number of halogens is 1. The molecule has 2 aromatic heterocycles. The van der Waals surface area contributed by atoms with Gasteiger partial charge < -0.3 is 15.6 Å². The number of aryl methyl sites for hydroxylation is 2. The molecule has 2 rings (SSSR count). The molecule has 0 spiro atoms. The van der Waals surface area contributed by atoms with E-state index in [1.165, 1.54) is 6.33 Å². The number of aromatic nitrogens is 3. The molecule has 0 fully saturated rings. The van der Waals surface area contributed by atoms with E-state index in [-0.39, 0.29) is 6.04 Å². The number of nitrogens with zero attached hydrogens (tertiary/aromatic N) is 3. The van der Waals surface area contributed by atoms with E-state index in [1.807, 2.05) is 20.8 Å². The third-order valence-corrected chi connectivity index (χ3v) is 3.47. The molecule has 18 heavy (non-hydrogen) atoms. The number of nitrogens with two attached hydrogens (primary N) is 1. The van der Waals surface area contributed by atoms with Crippen LogP contribution in [-0.2, 0) is 0 Å². The highest BCUT2D eigenvalue weighted by Gasteiger charge is 2.18. The Morgan fingerprint density at radius 3 is 2.72 bits per heavy atom. The highest BCUT2D eigenvalue weighted by atomic mass is 79.9. The van der Waals surface area contributed by atoms with Gasteiger partial charge in [-0.1, -0.05) is 5.16 Å². The summed E-state index contributed by atoms with van der Waals surface area (Å²) in [5.74, 6) is 1.85. The summed E-state index contributed by atoms with van der Waals surface area (Å²) < 4.78 is 5.81. The zero-order valence-corrected chi connectivity index (χ0v) is 11.9. The Morgan fingerprint density at radius 2 is 2.11 bits per heavy atom. The molecule has 2 aromatic rings. The number of nitrogens with one attached hydrogen (secondary N) is 1. The van der Waals surface area contributed by atoms with Gasteiger partial charge in [-0.2, -0.15) is 0 Å². The van der Waals surface area contributed by atoms with Gasteiger partial charge in [0.05, 0.1) is 11.7 Å². The largest absolute Gasteiger partial charge is 0.383 e. The van der Waals surface area contributed by atoms with Crippen LogP contribution in [0.25, 0.3) is 0 Å². The Kier molecular flexibility index (Phi) is 3.51. The summed E-state index contributed by atoms with van der Waals surface area (Å²) in [7, 11) is 0. The Hall–Kier alpha value is -1.63. The first-order valence-corrected chi connectivity index (χ1v) is 6.25. The van der Waals surface area contributed by atoms with E-state index in [1.54, 1.807) is 0 Å². The van der Waals surface area contributed by atoms with Crippen LogP contribution in [0.15, 0.2) is 15.3 Å². The molecule has 1 unspecified atom stereocenters. The van der Waals surface area contributed by atoms with Crippen molar-refractivity contribution in [2.24, 2.45) is 0 Å². The van der Waals surface area contributed by atoms with Crippen LogP contribution in [0, 0.1) is 13.8 Å². The fourth-order valence-electron chi connectivity index (χ4n) is 1.87. The van der Waals surface area contributed by atoms with Gasteiger partial charge in [-0.15, -0.1) is 0 Å². The molecule has 0 aliphatic heterocycles. The zero-order valence-electron chi connectivity index (χ0n) is 10.4. The van der Waals surface area contributed by atoms with Gasteiger partial charge in [0, 0.05) is 5.56 Å². The minimum Gasteiger partial charge on any atom is -0.383 e. The SMILES string of the molecule is Cc1noc(C)c1C(C)Nc1ncnc(N)c1Br. The monoisotopic (exact) mass is 311 g/mol. The molecule has 0 saturated heterocycles. The molecule has 0 saturated carbocycles. The first-order valence-electron chi connectivity index (χ1n) is 5.46. The number of anilines is 2. The maximum atomic E-state index is 5.71. The molecule has 0 aliphatic carbocycles. The molecule has 2 heterocycles. The molecule has 3 N–H and O–H groups in total. The molecule has 0 aliphatic rings. The number of hydrogen-bond acceptors (Lipinski definition) is 6. The lowest BCUT2D eigenvalue weighted by Crippen LogP contribution is -2.11. The lowest BCUT2D eigenvalue weighted by molar-refractivity contribution is 0.392. The quantitative estimate of drug-likeness (QED) is 0.905. The van der Waals surface area contributed by atoms with E-state index in [0.717, 1.165) is 17.0 Å². The topological polar surface area (TPSA) is 89.9 Å². The minimum absolute atomic E-state index is 0.0156. The molecule has 96 valence electrons. The van der Waals surface area contributed by atoms with Crippen LogP contribution in [0.5, 0.6) is 0 Å². The number of nitrogen functional groups attached to an aromatic ring is 1. The first-order chi connectivity index (χ1) is 8.50. The van der Waals surface area contributed by atoms with Crippen LogP contribution < -0.4 is 11.1 Å². The van der Waals surface area contributed by atoms with E-state index >= 15 is 0 Å². The maximum Gasteiger partial charge on any atom is 0.146 e. The van der Waals surface area contributed by atoms with Gasteiger partial charge in [-0.05, 0) is 36.7 Å². The average molecular weight is 312 g/mol. The van der Waals surface area contributed by atoms with Crippen LogP contribution in [0.2, 0.25) is 0 Å². The Labute approximate surface area is 113 Å². The van der Waals surface area contributed by atoms with Crippen molar-refractivity contribution >= 4 is 27.6 Å². The van der Waals surface area contributed by atoms with Crippen molar-refractivity contribution in [2.75, 3.05) is 11.1 Å². The highest BCUT2D eigenvalue weighted by Crippen LogP contribution is 2.29. The van der Waals surface area contributed by atoms with Crippen LogP contribution in [0.3, 0.4) is 0 Å². The lowest BCUT2D eigenvalue weighted by Gasteiger charge is -2.15. The second-order valence-corrected chi connectivity index (χ2v) is 4.82. The van der Waals surface area contributed by atoms with Crippen molar-refractivity contribution in [1.82, 2.24) is 15.1 Å². The normalized spacial score (nSPS) is 12.4. The van der Waals surface area contributed by atoms with Crippen molar-refractivity contribution in [1.29, 1.82) is 0 Å². The van der Waals surface area contributed by atoms with E-state index < -0.39 is 0 Å². The van der Waals surface area contributed by atoms with Gasteiger partial charge in [0.25, 0.3) is 0 Å². The number of rotatable bonds is 3. The Balaban J connectivity index is 2.27. The fourth-order valence-corrected chi connectivity index (χ4v) is 2.19. The van der Waals surface area contributed by atoms with Crippen LogP contribution in [-0.4, -0.2) is 15.1 Å². The van der Waals surface area contributed by atoms with Gasteiger partial charge in [0.15, 0.2) is 0 Å². The molecule has 7 heteroatoms. The summed E-state index contributed by atoms with van der Waals surface area (Å²) in [5.41, 5.74) is 7.60. The van der Waals surface area contributed by atoms with Crippen molar-refractivity contribution in [3.05, 3.63) is 27.8 Å². The Bertz CT molecular complexity index is 549. The molecular formula is C11H14BrN5O. The summed E-state index contributed by atoms with van der Waals surface area (Å²) in [6.07, 6.45) is 1.42. The van der Waals surface area contributed by atoms with Gasteiger partial charge in [0.1, 0.15) is 28.2 Å². The fraction of sp³-hybridized carbons (Fsp3) is 0.364. The smallest absolute Gasteiger partial charge is 0.146 e.